The fraction of sp³-hybridized carbons (Fsp3) is 0.391. The summed E-state index contributed by atoms with van der Waals surface area (Å²) in [7, 11) is 1.58. The number of rotatable bonds is 6. The summed E-state index contributed by atoms with van der Waals surface area (Å²) >= 11 is 0. The van der Waals surface area contributed by atoms with Gasteiger partial charge in [-0.1, -0.05) is 24.6 Å². The van der Waals surface area contributed by atoms with Gasteiger partial charge in [-0.2, -0.15) is 0 Å². The molecule has 2 aromatic heterocycles. The van der Waals surface area contributed by atoms with Crippen LogP contribution in [0.25, 0.3) is 11.2 Å². The zero-order valence-corrected chi connectivity index (χ0v) is 17.2. The van der Waals surface area contributed by atoms with Crippen LogP contribution < -0.4 is 5.32 Å². The molecule has 2 aliphatic carbocycles. The van der Waals surface area contributed by atoms with Crippen LogP contribution in [0.5, 0.6) is 0 Å². The van der Waals surface area contributed by atoms with Crippen molar-refractivity contribution in [2.75, 3.05) is 19.0 Å². The molecule has 152 valence electrons. The molecule has 0 saturated carbocycles. The minimum Gasteiger partial charge on any atom is -0.501 e. The van der Waals surface area contributed by atoms with E-state index in [1.807, 2.05) is 16.5 Å². The van der Waals surface area contributed by atoms with Crippen LogP contribution in [0.2, 0.25) is 0 Å². The van der Waals surface area contributed by atoms with Crippen LogP contribution in [0.1, 0.15) is 38.7 Å². The SMILES string of the molecule is CCC1=C(c2ccc(NCC3C(OC)=CC=C[C@@H]3F)n3cnnc23)CCC(C)=C1. The molecule has 1 unspecified atom stereocenters. The van der Waals surface area contributed by atoms with Crippen molar-refractivity contribution in [2.24, 2.45) is 5.92 Å². The lowest BCUT2D eigenvalue weighted by Gasteiger charge is -2.24. The molecule has 0 spiro atoms. The van der Waals surface area contributed by atoms with Crippen molar-refractivity contribution < 1.29 is 9.13 Å². The Bertz CT molecular complexity index is 1030. The van der Waals surface area contributed by atoms with Crippen LogP contribution >= 0.6 is 0 Å². The van der Waals surface area contributed by atoms with Gasteiger partial charge in [-0.3, -0.25) is 4.40 Å². The van der Waals surface area contributed by atoms with Crippen LogP contribution in [-0.4, -0.2) is 34.4 Å². The second-order valence-corrected chi connectivity index (χ2v) is 7.59. The monoisotopic (exact) mass is 394 g/mol. The van der Waals surface area contributed by atoms with Crippen molar-refractivity contribution >= 4 is 17.0 Å². The summed E-state index contributed by atoms with van der Waals surface area (Å²) < 4.78 is 21.7. The van der Waals surface area contributed by atoms with Crippen molar-refractivity contribution in [3.63, 3.8) is 0 Å². The number of pyridine rings is 1. The fourth-order valence-corrected chi connectivity index (χ4v) is 4.17. The molecule has 6 heteroatoms. The van der Waals surface area contributed by atoms with Crippen molar-refractivity contribution in [1.82, 2.24) is 14.6 Å². The predicted molar refractivity (Wildman–Crippen MR) is 114 cm³/mol. The lowest BCUT2D eigenvalue weighted by Crippen LogP contribution is -2.27. The molecule has 29 heavy (non-hydrogen) atoms. The molecule has 0 aliphatic heterocycles. The normalized spacial score (nSPS) is 21.9. The van der Waals surface area contributed by atoms with Gasteiger partial charge in [0.25, 0.3) is 0 Å². The second-order valence-electron chi connectivity index (χ2n) is 7.59. The highest BCUT2D eigenvalue weighted by Crippen LogP contribution is 2.35. The van der Waals surface area contributed by atoms with E-state index >= 15 is 0 Å². The van der Waals surface area contributed by atoms with Crippen molar-refractivity contribution in [1.29, 1.82) is 0 Å². The largest absolute Gasteiger partial charge is 0.501 e. The third-order valence-corrected chi connectivity index (χ3v) is 5.78. The van der Waals surface area contributed by atoms with Crippen molar-refractivity contribution in [3.8, 4) is 0 Å². The average molecular weight is 394 g/mol. The molecule has 0 amide bonds. The average Bonchev–Trinajstić information content (AvgIpc) is 3.23. The van der Waals surface area contributed by atoms with E-state index in [4.69, 9.17) is 4.74 Å². The van der Waals surface area contributed by atoms with Crippen LogP contribution in [0.15, 0.2) is 59.7 Å². The van der Waals surface area contributed by atoms with Gasteiger partial charge in [0.2, 0.25) is 0 Å². The Hall–Kier alpha value is -2.89. The number of nitrogens with zero attached hydrogens (tertiary/aromatic N) is 3. The molecule has 0 fully saturated rings. The van der Waals surface area contributed by atoms with E-state index in [1.165, 1.54) is 16.7 Å². The highest BCUT2D eigenvalue weighted by atomic mass is 19.1. The predicted octanol–water partition coefficient (Wildman–Crippen LogP) is 5.10. The van der Waals surface area contributed by atoms with Crippen LogP contribution in [0.4, 0.5) is 10.2 Å². The highest BCUT2D eigenvalue weighted by Gasteiger charge is 2.26. The minimum absolute atomic E-state index is 0.364. The molecule has 0 radical (unpaired) electrons. The highest BCUT2D eigenvalue weighted by molar-refractivity contribution is 5.81. The van der Waals surface area contributed by atoms with Crippen LogP contribution in [0, 0.1) is 5.92 Å². The van der Waals surface area contributed by atoms with Gasteiger partial charge in [-0.25, -0.2) is 4.39 Å². The number of fused-ring (bicyclic) bond motifs is 1. The number of aromatic nitrogens is 3. The third kappa shape index (κ3) is 3.71. The quantitative estimate of drug-likeness (QED) is 0.741. The van der Waals surface area contributed by atoms with E-state index in [-0.39, 0.29) is 5.92 Å². The molecule has 0 bridgehead atoms. The molecule has 5 nitrogen and oxygen atoms in total. The molecule has 1 N–H and O–H groups in total. The first kappa shape index (κ1) is 19.4. The number of halogens is 1. The molecule has 0 aromatic carbocycles. The van der Waals surface area contributed by atoms with Crippen molar-refractivity contribution in [3.05, 3.63) is 65.2 Å². The molecule has 0 saturated heterocycles. The van der Waals surface area contributed by atoms with Gasteiger partial charge in [0.1, 0.15) is 24.1 Å². The lowest BCUT2D eigenvalue weighted by atomic mass is 9.87. The Morgan fingerprint density at radius 2 is 2.17 bits per heavy atom. The Morgan fingerprint density at radius 1 is 1.31 bits per heavy atom. The minimum atomic E-state index is -1.08. The molecule has 2 atom stereocenters. The van der Waals surface area contributed by atoms with E-state index in [2.05, 4.69) is 41.5 Å². The molecular formula is C23H27FN4O. The maximum atomic E-state index is 14.4. The summed E-state index contributed by atoms with van der Waals surface area (Å²) in [5, 5.41) is 11.9. The first-order chi connectivity index (χ1) is 14.1. The lowest BCUT2D eigenvalue weighted by molar-refractivity contribution is 0.194. The molecule has 4 rings (SSSR count). The van der Waals surface area contributed by atoms with Gasteiger partial charge in [-0.15, -0.1) is 10.2 Å². The molecule has 2 aliphatic rings. The van der Waals surface area contributed by atoms with E-state index in [0.717, 1.165) is 36.3 Å². The number of methoxy groups -OCH3 is 1. The van der Waals surface area contributed by atoms with E-state index < -0.39 is 6.17 Å². The van der Waals surface area contributed by atoms with Gasteiger partial charge in [0, 0.05) is 12.1 Å². The molecular weight excluding hydrogens is 367 g/mol. The summed E-state index contributed by atoms with van der Waals surface area (Å²) in [4.78, 5) is 0. The first-order valence-electron chi connectivity index (χ1n) is 10.1. The maximum Gasteiger partial charge on any atom is 0.169 e. The molecule has 2 aromatic rings. The maximum absolute atomic E-state index is 14.4. The number of anilines is 1. The number of allylic oxidation sites excluding steroid dienone is 7. The van der Waals surface area contributed by atoms with Crippen LogP contribution in [-0.2, 0) is 4.74 Å². The van der Waals surface area contributed by atoms with E-state index in [1.54, 1.807) is 25.6 Å². The Labute approximate surface area is 170 Å². The van der Waals surface area contributed by atoms with Crippen molar-refractivity contribution in [2.45, 2.75) is 39.3 Å². The smallest absolute Gasteiger partial charge is 0.169 e. The Kier molecular flexibility index (Phi) is 5.51. The first-order valence-corrected chi connectivity index (χ1v) is 10.1. The summed E-state index contributed by atoms with van der Waals surface area (Å²) in [6.45, 7) is 4.80. The van der Waals surface area contributed by atoms with Gasteiger partial charge in [-0.05, 0) is 61.6 Å². The number of nitrogens with one attached hydrogen (secondary N) is 1. The van der Waals surface area contributed by atoms with Gasteiger partial charge < -0.3 is 10.1 Å². The summed E-state index contributed by atoms with van der Waals surface area (Å²) in [6, 6.07) is 4.13. The third-order valence-electron chi connectivity index (χ3n) is 5.78. The second kappa shape index (κ2) is 8.23. The zero-order chi connectivity index (χ0) is 20.4. The fourth-order valence-electron chi connectivity index (χ4n) is 4.17. The Morgan fingerprint density at radius 3 is 2.97 bits per heavy atom. The number of alkyl halides is 1. The standard InChI is InChI=1S/C23H27FN4O/c1-4-16-12-15(2)8-9-17(16)18-10-11-22(28-14-26-27-23(18)28)25-13-19-20(24)6-5-7-21(19)29-3/h5-7,10-12,14,19-20,25H,4,8-9,13H2,1-3H3/t19?,20-/m0/s1. The van der Waals surface area contributed by atoms with E-state index in [9.17, 15) is 4.39 Å². The number of hydrogen-bond donors (Lipinski definition) is 1. The topological polar surface area (TPSA) is 51.5 Å². The number of ether oxygens (including phenoxy) is 1. The zero-order valence-electron chi connectivity index (χ0n) is 17.2. The van der Waals surface area contributed by atoms with Gasteiger partial charge in [0.15, 0.2) is 5.65 Å². The molecule has 2 heterocycles. The van der Waals surface area contributed by atoms with Crippen LogP contribution in [0.3, 0.4) is 0 Å². The summed E-state index contributed by atoms with van der Waals surface area (Å²) in [5.74, 6) is 1.12. The summed E-state index contributed by atoms with van der Waals surface area (Å²) in [6.07, 6.45) is 11.1. The number of hydrogen-bond acceptors (Lipinski definition) is 4. The Balaban J connectivity index is 1.64. The summed E-state index contributed by atoms with van der Waals surface area (Å²) in [5.41, 5.74) is 6.07. The van der Waals surface area contributed by atoms with Gasteiger partial charge >= 0.3 is 0 Å². The van der Waals surface area contributed by atoms with Gasteiger partial charge in [0.05, 0.1) is 13.0 Å². The van der Waals surface area contributed by atoms with E-state index in [0.29, 0.717) is 12.3 Å².